The molecule has 0 spiro atoms. The maximum atomic E-state index is 13.0. The van der Waals surface area contributed by atoms with Crippen LogP contribution in [-0.2, 0) is 14.3 Å². The number of amides is 2. The number of alkyl carbamates (subject to hydrolysis) is 1. The molecule has 2 aromatic rings. The van der Waals surface area contributed by atoms with E-state index in [1.54, 1.807) is 4.90 Å². The Bertz CT molecular complexity index is 988. The first-order valence-electron chi connectivity index (χ1n) is 11.8. The van der Waals surface area contributed by atoms with Crippen LogP contribution in [0, 0.1) is 5.41 Å². The van der Waals surface area contributed by atoms with Crippen molar-refractivity contribution < 1.29 is 24.2 Å². The molecule has 0 saturated heterocycles. The number of aliphatic carboxylic acids is 1. The number of nitrogens with zero attached hydrogens (tertiary/aromatic N) is 1. The number of benzene rings is 2. The monoisotopic (exact) mass is 466 g/mol. The van der Waals surface area contributed by atoms with Crippen LogP contribution in [0.4, 0.5) is 4.79 Å². The number of fused-ring (bicyclic) bond motifs is 3. The van der Waals surface area contributed by atoms with Gasteiger partial charge in [-0.3, -0.25) is 9.59 Å². The van der Waals surface area contributed by atoms with Gasteiger partial charge >= 0.3 is 12.1 Å². The zero-order valence-electron chi connectivity index (χ0n) is 20.2. The van der Waals surface area contributed by atoms with Crippen LogP contribution in [0.1, 0.15) is 57.1 Å². The predicted octanol–water partition coefficient (Wildman–Crippen LogP) is 4.65. The van der Waals surface area contributed by atoms with Gasteiger partial charge in [0.15, 0.2) is 0 Å². The lowest BCUT2D eigenvalue weighted by atomic mass is 9.87. The van der Waals surface area contributed by atoms with Crippen molar-refractivity contribution in [1.82, 2.24) is 10.2 Å². The summed E-state index contributed by atoms with van der Waals surface area (Å²) >= 11 is 0. The van der Waals surface area contributed by atoms with Gasteiger partial charge in [0.2, 0.25) is 5.91 Å². The fourth-order valence-corrected chi connectivity index (χ4v) is 4.48. The Labute approximate surface area is 201 Å². The summed E-state index contributed by atoms with van der Waals surface area (Å²) in [6.07, 6.45) is 0.573. The van der Waals surface area contributed by atoms with Gasteiger partial charge < -0.3 is 20.1 Å². The highest BCUT2D eigenvalue weighted by atomic mass is 16.5. The molecular formula is C27H34N2O5. The molecule has 1 aliphatic carbocycles. The van der Waals surface area contributed by atoms with E-state index < -0.39 is 17.5 Å². The summed E-state index contributed by atoms with van der Waals surface area (Å²) in [5, 5.41) is 11.7. The maximum Gasteiger partial charge on any atom is 0.407 e. The summed E-state index contributed by atoms with van der Waals surface area (Å²) in [5.74, 6) is -1.04. The van der Waals surface area contributed by atoms with Crippen molar-refractivity contribution in [1.29, 1.82) is 0 Å². The van der Waals surface area contributed by atoms with Crippen LogP contribution >= 0.6 is 0 Å². The molecule has 7 heteroatoms. The van der Waals surface area contributed by atoms with E-state index in [1.807, 2.05) is 45.0 Å². The average molecular weight is 467 g/mol. The van der Waals surface area contributed by atoms with Crippen molar-refractivity contribution in [3.8, 4) is 11.1 Å². The van der Waals surface area contributed by atoms with Gasteiger partial charge in [0.05, 0.1) is 6.42 Å². The number of carboxylic acid groups (broad SMARTS) is 1. The van der Waals surface area contributed by atoms with Gasteiger partial charge in [-0.1, -0.05) is 69.3 Å². The Morgan fingerprint density at radius 1 is 1.00 bits per heavy atom. The molecule has 2 amide bonds. The third kappa shape index (κ3) is 5.95. The quantitative estimate of drug-likeness (QED) is 0.502. The van der Waals surface area contributed by atoms with Crippen molar-refractivity contribution >= 4 is 18.0 Å². The molecule has 0 radical (unpaired) electrons. The minimum Gasteiger partial charge on any atom is -0.481 e. The summed E-state index contributed by atoms with van der Waals surface area (Å²) in [5.41, 5.74) is 3.92. The molecule has 0 aromatic heterocycles. The van der Waals surface area contributed by atoms with Gasteiger partial charge in [-0.2, -0.15) is 0 Å². The van der Waals surface area contributed by atoms with E-state index in [0.29, 0.717) is 13.0 Å². The number of carbonyl (C=O) groups is 3. The Morgan fingerprint density at radius 3 is 2.15 bits per heavy atom. The number of nitrogens with one attached hydrogen (secondary N) is 1. The molecule has 0 aliphatic heterocycles. The van der Waals surface area contributed by atoms with Crippen molar-refractivity contribution in [2.24, 2.45) is 5.41 Å². The van der Waals surface area contributed by atoms with Crippen LogP contribution in [0.15, 0.2) is 48.5 Å². The molecule has 0 unspecified atom stereocenters. The van der Waals surface area contributed by atoms with Crippen LogP contribution in [-0.4, -0.2) is 54.2 Å². The Balaban J connectivity index is 1.51. The molecule has 0 fully saturated rings. The Morgan fingerprint density at radius 2 is 1.59 bits per heavy atom. The molecule has 0 saturated carbocycles. The topological polar surface area (TPSA) is 95.9 Å². The molecule has 0 heterocycles. The van der Waals surface area contributed by atoms with Gasteiger partial charge in [-0.05, 0) is 35.1 Å². The van der Waals surface area contributed by atoms with Crippen molar-refractivity contribution in [2.75, 3.05) is 26.2 Å². The number of ether oxygens (including phenoxy) is 1. The van der Waals surface area contributed by atoms with Crippen molar-refractivity contribution in [3.63, 3.8) is 0 Å². The molecule has 0 atom stereocenters. The van der Waals surface area contributed by atoms with E-state index >= 15 is 0 Å². The lowest BCUT2D eigenvalue weighted by Crippen LogP contribution is -2.44. The van der Waals surface area contributed by atoms with Crippen LogP contribution in [0.25, 0.3) is 11.1 Å². The summed E-state index contributed by atoms with van der Waals surface area (Å²) in [7, 11) is 0. The molecule has 2 aromatic carbocycles. The molecule has 34 heavy (non-hydrogen) atoms. The van der Waals surface area contributed by atoms with Gasteiger partial charge in [0.25, 0.3) is 0 Å². The van der Waals surface area contributed by atoms with Crippen LogP contribution in [0.5, 0.6) is 0 Å². The van der Waals surface area contributed by atoms with E-state index in [9.17, 15) is 14.4 Å². The van der Waals surface area contributed by atoms with Gasteiger partial charge in [0.1, 0.15) is 6.61 Å². The maximum absolute atomic E-state index is 13.0. The lowest BCUT2D eigenvalue weighted by molar-refractivity contribution is -0.142. The standard InChI is InChI=1S/C27H34N2O5/c1-4-16-29(17-13-24(30)31)25(32)27(2,3)14-15-28-26(33)34-18-23-21-11-7-5-9-19(21)20-10-6-8-12-22(20)23/h5-12,23H,4,13-18H2,1-3H3,(H,28,33)(H,30,31). The third-order valence-electron chi connectivity index (χ3n) is 6.32. The second-order valence-corrected chi connectivity index (χ2v) is 9.32. The van der Waals surface area contributed by atoms with Crippen LogP contribution in [0.2, 0.25) is 0 Å². The summed E-state index contributed by atoms with van der Waals surface area (Å²) in [4.78, 5) is 37.9. The fraction of sp³-hybridized carbons (Fsp3) is 0.444. The van der Waals surface area contributed by atoms with E-state index in [4.69, 9.17) is 9.84 Å². The van der Waals surface area contributed by atoms with E-state index in [1.165, 1.54) is 11.1 Å². The second-order valence-electron chi connectivity index (χ2n) is 9.32. The molecule has 0 bridgehead atoms. The molecule has 3 rings (SSSR count). The van der Waals surface area contributed by atoms with E-state index in [2.05, 4.69) is 29.6 Å². The molecule has 182 valence electrons. The summed E-state index contributed by atoms with van der Waals surface area (Å²) < 4.78 is 5.56. The van der Waals surface area contributed by atoms with Crippen molar-refractivity contribution in [3.05, 3.63) is 59.7 Å². The minimum atomic E-state index is -0.927. The van der Waals surface area contributed by atoms with Crippen molar-refractivity contribution in [2.45, 2.75) is 46.0 Å². The van der Waals surface area contributed by atoms with E-state index in [-0.39, 0.29) is 37.9 Å². The number of hydrogen-bond acceptors (Lipinski definition) is 4. The molecular weight excluding hydrogens is 432 g/mol. The first-order valence-corrected chi connectivity index (χ1v) is 11.8. The minimum absolute atomic E-state index is 0.00648. The van der Waals surface area contributed by atoms with Gasteiger partial charge in [-0.25, -0.2) is 4.79 Å². The van der Waals surface area contributed by atoms with E-state index in [0.717, 1.165) is 17.5 Å². The smallest absolute Gasteiger partial charge is 0.407 e. The molecule has 7 nitrogen and oxygen atoms in total. The van der Waals surface area contributed by atoms with Crippen LogP contribution < -0.4 is 5.32 Å². The number of carboxylic acids is 1. The lowest BCUT2D eigenvalue weighted by Gasteiger charge is -2.31. The second kappa shape index (κ2) is 11.2. The highest BCUT2D eigenvalue weighted by Crippen LogP contribution is 2.44. The highest BCUT2D eigenvalue weighted by molar-refractivity contribution is 5.82. The number of hydrogen-bond donors (Lipinski definition) is 2. The fourth-order valence-electron chi connectivity index (χ4n) is 4.48. The first kappa shape index (κ1) is 25.3. The Hall–Kier alpha value is -3.35. The van der Waals surface area contributed by atoms with Gasteiger partial charge in [-0.15, -0.1) is 0 Å². The van der Waals surface area contributed by atoms with Gasteiger partial charge in [0, 0.05) is 31.0 Å². The van der Waals surface area contributed by atoms with Crippen LogP contribution in [0.3, 0.4) is 0 Å². The zero-order chi connectivity index (χ0) is 24.7. The SMILES string of the molecule is CCCN(CCC(=O)O)C(=O)C(C)(C)CCNC(=O)OCC1c2ccccc2-c2ccccc21. The summed E-state index contributed by atoms with van der Waals surface area (Å²) in [6, 6.07) is 16.3. The predicted molar refractivity (Wildman–Crippen MR) is 131 cm³/mol. The molecule has 1 aliphatic rings. The molecule has 2 N–H and O–H groups in total. The summed E-state index contributed by atoms with van der Waals surface area (Å²) in [6.45, 7) is 6.81. The first-order chi connectivity index (χ1) is 16.2. The zero-order valence-corrected chi connectivity index (χ0v) is 20.2. The average Bonchev–Trinajstić information content (AvgIpc) is 3.13. The highest BCUT2D eigenvalue weighted by Gasteiger charge is 2.32. The third-order valence-corrected chi connectivity index (χ3v) is 6.32. The number of rotatable bonds is 11. The largest absolute Gasteiger partial charge is 0.481 e. The Kier molecular flexibility index (Phi) is 8.31. The normalized spacial score (nSPS) is 12.6. The number of carbonyl (C=O) groups excluding carboxylic acids is 2.